The maximum Gasteiger partial charge on any atom is 0.0640 e. The molecular formula is C46H29NS. The summed E-state index contributed by atoms with van der Waals surface area (Å²) in [6, 6.07) is 64.6. The first kappa shape index (κ1) is 27.2. The van der Waals surface area contributed by atoms with Gasteiger partial charge in [0.05, 0.1) is 16.1 Å². The summed E-state index contributed by atoms with van der Waals surface area (Å²) >= 11 is 1.89. The average molecular weight is 628 g/mol. The van der Waals surface area contributed by atoms with Crippen LogP contribution in [-0.4, -0.2) is 0 Å². The number of fused-ring (bicyclic) bond motifs is 9. The second kappa shape index (κ2) is 10.8. The lowest BCUT2D eigenvalue weighted by molar-refractivity contribution is 1.31. The molecule has 0 saturated carbocycles. The smallest absolute Gasteiger partial charge is 0.0640 e. The first-order valence-corrected chi connectivity index (χ1v) is 17.2. The van der Waals surface area contributed by atoms with Crippen LogP contribution < -0.4 is 4.90 Å². The van der Waals surface area contributed by atoms with Gasteiger partial charge in [-0.25, -0.2) is 0 Å². The van der Waals surface area contributed by atoms with Crippen molar-refractivity contribution in [1.29, 1.82) is 0 Å². The molecular weight excluding hydrogens is 599 g/mol. The molecule has 0 aliphatic carbocycles. The molecule has 0 amide bonds. The van der Waals surface area contributed by atoms with E-state index in [-0.39, 0.29) is 0 Å². The zero-order chi connectivity index (χ0) is 31.6. The minimum Gasteiger partial charge on any atom is -0.308 e. The van der Waals surface area contributed by atoms with E-state index in [2.05, 4.69) is 181 Å². The summed E-state index contributed by atoms with van der Waals surface area (Å²) in [6.07, 6.45) is 0. The Morgan fingerprint density at radius 1 is 0.375 bits per heavy atom. The van der Waals surface area contributed by atoms with Crippen molar-refractivity contribution < 1.29 is 0 Å². The second-order valence-corrected chi connectivity index (χ2v) is 13.6. The number of thiophene rings is 1. The van der Waals surface area contributed by atoms with Crippen molar-refractivity contribution >= 4 is 91.7 Å². The van der Waals surface area contributed by atoms with Gasteiger partial charge in [-0.1, -0.05) is 140 Å². The first-order valence-electron chi connectivity index (χ1n) is 16.4. The minimum atomic E-state index is 1.14. The third-order valence-corrected chi connectivity index (χ3v) is 11.0. The number of rotatable bonds is 4. The van der Waals surface area contributed by atoms with E-state index in [4.69, 9.17) is 0 Å². The third kappa shape index (κ3) is 4.24. The Labute approximate surface area is 282 Å². The SMILES string of the molecule is c1ccc(-c2ccccc2N(c2ccc3ccc4ccc5ccccc5c4c3c2)c2cccc3c2sc2cc4ccccc4cc23)cc1. The molecule has 0 N–H and O–H groups in total. The van der Waals surface area contributed by atoms with Crippen molar-refractivity contribution in [2.45, 2.75) is 0 Å². The number of benzene rings is 9. The van der Waals surface area contributed by atoms with E-state index in [0.717, 1.165) is 11.4 Å². The number of anilines is 3. The van der Waals surface area contributed by atoms with Gasteiger partial charge in [-0.05, 0) is 85.1 Å². The van der Waals surface area contributed by atoms with Gasteiger partial charge in [-0.15, -0.1) is 11.3 Å². The van der Waals surface area contributed by atoms with Crippen molar-refractivity contribution in [2.75, 3.05) is 4.90 Å². The summed E-state index contributed by atoms with van der Waals surface area (Å²) in [6.45, 7) is 0. The van der Waals surface area contributed by atoms with Gasteiger partial charge < -0.3 is 4.90 Å². The summed E-state index contributed by atoms with van der Waals surface area (Å²) in [5, 5.41) is 12.8. The molecule has 2 heteroatoms. The van der Waals surface area contributed by atoms with Crippen LogP contribution in [0.1, 0.15) is 0 Å². The van der Waals surface area contributed by atoms with E-state index >= 15 is 0 Å². The standard InChI is InChI=1S/C46H29NS/c1-2-11-30(12-3-1)37-16-8-9-19-42(37)47(43-20-10-18-39-41-27-34-14-4-5-15-35(34)28-44(41)48-46(39)43)36-26-25-32-22-24-33-23-21-31-13-6-7-17-38(31)45(33)40(32)29-36/h1-29H. The average Bonchev–Trinajstić information content (AvgIpc) is 3.52. The molecule has 0 atom stereocenters. The Kier molecular flexibility index (Phi) is 6.12. The number of nitrogens with zero attached hydrogens (tertiary/aromatic N) is 1. The predicted octanol–water partition coefficient (Wildman–Crippen LogP) is 13.8. The lowest BCUT2D eigenvalue weighted by Crippen LogP contribution is -2.11. The summed E-state index contributed by atoms with van der Waals surface area (Å²) in [4.78, 5) is 2.49. The van der Waals surface area contributed by atoms with E-state index in [1.807, 2.05) is 11.3 Å². The van der Waals surface area contributed by atoms with Gasteiger partial charge in [0.15, 0.2) is 0 Å². The normalized spacial score (nSPS) is 11.8. The Morgan fingerprint density at radius 3 is 1.85 bits per heavy atom. The lowest BCUT2D eigenvalue weighted by atomic mass is 9.95. The van der Waals surface area contributed by atoms with Gasteiger partial charge in [0, 0.05) is 26.7 Å². The highest BCUT2D eigenvalue weighted by Crippen LogP contribution is 2.48. The van der Waals surface area contributed by atoms with Crippen LogP contribution in [0.25, 0.3) is 74.4 Å². The van der Waals surface area contributed by atoms with Gasteiger partial charge >= 0.3 is 0 Å². The van der Waals surface area contributed by atoms with Gasteiger partial charge in [0.1, 0.15) is 0 Å². The predicted molar refractivity (Wildman–Crippen MR) is 209 cm³/mol. The molecule has 10 aromatic rings. The molecule has 0 saturated heterocycles. The lowest BCUT2D eigenvalue weighted by Gasteiger charge is -2.29. The van der Waals surface area contributed by atoms with Crippen molar-refractivity contribution in [3.63, 3.8) is 0 Å². The molecule has 10 rings (SSSR count). The van der Waals surface area contributed by atoms with Crippen LogP contribution >= 0.6 is 11.3 Å². The van der Waals surface area contributed by atoms with Crippen molar-refractivity contribution in [3.05, 3.63) is 176 Å². The Morgan fingerprint density at radius 2 is 1.00 bits per heavy atom. The number of hydrogen-bond donors (Lipinski definition) is 0. The van der Waals surface area contributed by atoms with Crippen molar-refractivity contribution in [2.24, 2.45) is 0 Å². The van der Waals surface area contributed by atoms with Gasteiger partial charge in [-0.2, -0.15) is 0 Å². The fraction of sp³-hybridized carbons (Fsp3) is 0. The fourth-order valence-corrected chi connectivity index (χ4v) is 8.77. The molecule has 1 heterocycles. The maximum atomic E-state index is 2.49. The first-order chi connectivity index (χ1) is 23.8. The Bertz CT molecular complexity index is 2840. The highest BCUT2D eigenvalue weighted by Gasteiger charge is 2.22. The van der Waals surface area contributed by atoms with Gasteiger partial charge in [0.25, 0.3) is 0 Å². The Hall–Kier alpha value is -5.96. The molecule has 0 unspecified atom stereocenters. The molecule has 0 spiro atoms. The van der Waals surface area contributed by atoms with Crippen LogP contribution in [0.3, 0.4) is 0 Å². The largest absolute Gasteiger partial charge is 0.308 e. The zero-order valence-corrected chi connectivity index (χ0v) is 26.9. The fourth-order valence-electron chi connectivity index (χ4n) is 7.54. The van der Waals surface area contributed by atoms with E-state index < -0.39 is 0 Å². The zero-order valence-electron chi connectivity index (χ0n) is 26.1. The topological polar surface area (TPSA) is 3.24 Å². The van der Waals surface area contributed by atoms with Crippen LogP contribution in [0.4, 0.5) is 17.1 Å². The van der Waals surface area contributed by atoms with Crippen LogP contribution in [0, 0.1) is 0 Å². The molecule has 48 heavy (non-hydrogen) atoms. The molecule has 1 aromatic heterocycles. The monoisotopic (exact) mass is 627 g/mol. The van der Waals surface area contributed by atoms with E-state index in [0.29, 0.717) is 0 Å². The van der Waals surface area contributed by atoms with Crippen LogP contribution in [-0.2, 0) is 0 Å². The van der Waals surface area contributed by atoms with Crippen LogP contribution in [0.5, 0.6) is 0 Å². The quantitative estimate of drug-likeness (QED) is 0.176. The van der Waals surface area contributed by atoms with Crippen molar-refractivity contribution in [3.8, 4) is 11.1 Å². The summed E-state index contributed by atoms with van der Waals surface area (Å²) in [5.41, 5.74) is 5.88. The van der Waals surface area contributed by atoms with Crippen molar-refractivity contribution in [1.82, 2.24) is 0 Å². The summed E-state index contributed by atoms with van der Waals surface area (Å²) in [7, 11) is 0. The molecule has 0 bridgehead atoms. The number of para-hydroxylation sites is 1. The highest BCUT2D eigenvalue weighted by molar-refractivity contribution is 7.26. The van der Waals surface area contributed by atoms with E-state index in [1.54, 1.807) is 0 Å². The second-order valence-electron chi connectivity index (χ2n) is 12.5. The van der Waals surface area contributed by atoms with Crippen LogP contribution in [0.15, 0.2) is 176 Å². The molecule has 224 valence electrons. The van der Waals surface area contributed by atoms with Gasteiger partial charge in [-0.3, -0.25) is 0 Å². The molecule has 0 aliphatic heterocycles. The van der Waals surface area contributed by atoms with E-state index in [1.165, 1.54) is 80.1 Å². The van der Waals surface area contributed by atoms with E-state index in [9.17, 15) is 0 Å². The molecule has 0 radical (unpaired) electrons. The molecule has 1 nitrogen and oxygen atoms in total. The summed E-state index contributed by atoms with van der Waals surface area (Å²) in [5.74, 6) is 0. The minimum absolute atomic E-state index is 1.14. The highest BCUT2D eigenvalue weighted by atomic mass is 32.1. The molecule has 0 aliphatic rings. The Balaban J connectivity index is 1.30. The molecule has 0 fully saturated rings. The van der Waals surface area contributed by atoms with Gasteiger partial charge in [0.2, 0.25) is 0 Å². The third-order valence-electron chi connectivity index (χ3n) is 9.78. The van der Waals surface area contributed by atoms with Crippen LogP contribution in [0.2, 0.25) is 0 Å². The maximum absolute atomic E-state index is 2.49. The number of hydrogen-bond acceptors (Lipinski definition) is 2. The summed E-state index contributed by atoms with van der Waals surface area (Å²) < 4.78 is 2.59. The molecule has 9 aromatic carbocycles.